The predicted octanol–water partition coefficient (Wildman–Crippen LogP) is 1.85. The molecule has 0 aliphatic rings. The van der Waals surface area contributed by atoms with Crippen LogP contribution in [0.2, 0.25) is 5.15 Å². The van der Waals surface area contributed by atoms with Gasteiger partial charge in [0.2, 0.25) is 0 Å². The largest absolute Gasteiger partial charge is 0.497 e. The van der Waals surface area contributed by atoms with Crippen molar-refractivity contribution in [3.8, 4) is 5.75 Å². The van der Waals surface area contributed by atoms with Crippen LogP contribution in [-0.4, -0.2) is 29.2 Å². The number of nitrogens with zero attached hydrogens (tertiary/aromatic N) is 1. The summed E-state index contributed by atoms with van der Waals surface area (Å²) < 4.78 is 5.13. The molecular weight excluding hydrogens is 268 g/mol. The maximum absolute atomic E-state index is 10.8. The normalized spacial score (nSPS) is 12.4. The van der Waals surface area contributed by atoms with E-state index in [1.165, 1.54) is 0 Å². The zero-order valence-corrected chi connectivity index (χ0v) is 11.0. The van der Waals surface area contributed by atoms with Gasteiger partial charge >= 0.3 is 5.97 Å². The van der Waals surface area contributed by atoms with Crippen molar-refractivity contribution in [2.45, 2.75) is 12.5 Å². The third-order valence-corrected chi connectivity index (χ3v) is 3.13. The molecule has 0 saturated carbocycles. The Bertz CT molecular complexity index is 631. The molecule has 0 radical (unpaired) electrons. The predicted molar refractivity (Wildman–Crippen MR) is 72.6 cm³/mol. The van der Waals surface area contributed by atoms with Crippen LogP contribution in [-0.2, 0) is 11.2 Å². The molecule has 0 aliphatic heterocycles. The molecular formula is C13H13ClN2O3. The number of carbonyl (C=O) groups is 1. The van der Waals surface area contributed by atoms with E-state index >= 15 is 0 Å². The van der Waals surface area contributed by atoms with Gasteiger partial charge < -0.3 is 15.6 Å². The van der Waals surface area contributed by atoms with Crippen LogP contribution in [0.5, 0.6) is 5.75 Å². The van der Waals surface area contributed by atoms with Gasteiger partial charge in [-0.25, -0.2) is 4.98 Å². The van der Waals surface area contributed by atoms with Crippen molar-refractivity contribution >= 4 is 28.5 Å². The minimum atomic E-state index is -1.07. The summed E-state index contributed by atoms with van der Waals surface area (Å²) in [6.07, 6.45) is 0.133. The number of hydrogen-bond donors (Lipinski definition) is 2. The number of carboxylic acids is 1. The van der Waals surface area contributed by atoms with E-state index in [0.717, 1.165) is 10.9 Å². The Kier molecular flexibility index (Phi) is 3.87. The van der Waals surface area contributed by atoms with Gasteiger partial charge in [0.1, 0.15) is 16.9 Å². The lowest BCUT2D eigenvalue weighted by molar-refractivity contribution is -0.138. The fourth-order valence-electron chi connectivity index (χ4n) is 1.77. The Morgan fingerprint density at radius 2 is 2.26 bits per heavy atom. The number of rotatable bonds is 4. The summed E-state index contributed by atoms with van der Waals surface area (Å²) in [5.74, 6) is -0.369. The maximum Gasteiger partial charge on any atom is 0.320 e. The molecule has 0 aliphatic carbocycles. The number of methoxy groups -OCH3 is 1. The highest BCUT2D eigenvalue weighted by Crippen LogP contribution is 2.24. The van der Waals surface area contributed by atoms with Crippen LogP contribution in [0.25, 0.3) is 10.9 Å². The minimum absolute atomic E-state index is 0.133. The first-order valence-corrected chi connectivity index (χ1v) is 6.00. The van der Waals surface area contributed by atoms with E-state index in [1.807, 2.05) is 6.07 Å². The van der Waals surface area contributed by atoms with Crippen molar-refractivity contribution < 1.29 is 14.6 Å². The van der Waals surface area contributed by atoms with E-state index in [0.29, 0.717) is 11.3 Å². The molecule has 0 fully saturated rings. The highest BCUT2D eigenvalue weighted by molar-refractivity contribution is 6.30. The molecule has 1 aromatic carbocycles. The number of pyridine rings is 1. The minimum Gasteiger partial charge on any atom is -0.497 e. The van der Waals surface area contributed by atoms with Crippen LogP contribution in [0.4, 0.5) is 0 Å². The smallest absolute Gasteiger partial charge is 0.320 e. The van der Waals surface area contributed by atoms with Gasteiger partial charge in [-0.15, -0.1) is 0 Å². The summed E-state index contributed by atoms with van der Waals surface area (Å²) >= 11 is 6.03. The van der Waals surface area contributed by atoms with E-state index < -0.39 is 12.0 Å². The molecule has 0 saturated heterocycles. The Balaban J connectivity index is 2.44. The lowest BCUT2D eigenvalue weighted by atomic mass is 10.1. The molecule has 0 amide bonds. The van der Waals surface area contributed by atoms with Crippen LogP contribution < -0.4 is 10.5 Å². The molecule has 2 aromatic rings. The van der Waals surface area contributed by atoms with Gasteiger partial charge in [0.05, 0.1) is 12.6 Å². The van der Waals surface area contributed by atoms with Gasteiger partial charge in [0.25, 0.3) is 0 Å². The number of ether oxygens (including phenoxy) is 1. The third-order valence-electron chi connectivity index (χ3n) is 2.81. The molecule has 3 N–H and O–H groups in total. The summed E-state index contributed by atoms with van der Waals surface area (Å²) in [4.78, 5) is 15.0. The van der Waals surface area contributed by atoms with Crippen molar-refractivity contribution in [1.29, 1.82) is 0 Å². The highest BCUT2D eigenvalue weighted by Gasteiger charge is 2.15. The fraction of sp³-hybridized carbons (Fsp3) is 0.231. The van der Waals surface area contributed by atoms with Crippen molar-refractivity contribution in [2.75, 3.05) is 7.11 Å². The van der Waals surface area contributed by atoms with E-state index in [2.05, 4.69) is 4.98 Å². The SMILES string of the molecule is COc1ccc2nc(Cl)c(CC(N)C(=O)O)cc2c1. The lowest BCUT2D eigenvalue weighted by Crippen LogP contribution is -2.32. The molecule has 2 rings (SSSR count). The molecule has 1 unspecified atom stereocenters. The van der Waals surface area contributed by atoms with E-state index in [4.69, 9.17) is 27.2 Å². The van der Waals surface area contributed by atoms with Crippen LogP contribution in [0.1, 0.15) is 5.56 Å². The molecule has 1 aromatic heterocycles. The third kappa shape index (κ3) is 2.94. The molecule has 5 nitrogen and oxygen atoms in total. The van der Waals surface area contributed by atoms with Crippen molar-refractivity contribution in [2.24, 2.45) is 5.73 Å². The van der Waals surface area contributed by atoms with Crippen molar-refractivity contribution in [3.05, 3.63) is 35.0 Å². The Hall–Kier alpha value is -1.85. The van der Waals surface area contributed by atoms with Gasteiger partial charge in [-0.05, 0) is 29.8 Å². The van der Waals surface area contributed by atoms with Crippen molar-refractivity contribution in [3.63, 3.8) is 0 Å². The molecule has 0 spiro atoms. The second-order valence-corrected chi connectivity index (χ2v) is 4.50. The summed E-state index contributed by atoms with van der Waals surface area (Å²) in [5.41, 5.74) is 6.84. The highest BCUT2D eigenvalue weighted by atomic mass is 35.5. The molecule has 0 bridgehead atoms. The summed E-state index contributed by atoms with van der Waals surface area (Å²) in [6, 6.07) is 6.18. The number of aliphatic carboxylic acids is 1. The van der Waals surface area contributed by atoms with Gasteiger partial charge in [0, 0.05) is 11.8 Å². The quantitative estimate of drug-likeness (QED) is 0.835. The fourth-order valence-corrected chi connectivity index (χ4v) is 1.99. The molecule has 1 atom stereocenters. The first-order valence-electron chi connectivity index (χ1n) is 5.63. The standard InChI is InChI=1S/C13H13ClN2O3/c1-19-9-2-3-11-7(5-9)4-8(12(14)16-11)6-10(15)13(17)18/h2-5,10H,6,15H2,1H3,(H,17,18). The number of benzene rings is 1. The second-order valence-electron chi connectivity index (χ2n) is 4.15. The number of fused-ring (bicyclic) bond motifs is 1. The first-order chi connectivity index (χ1) is 9.01. The van der Waals surface area contributed by atoms with Gasteiger partial charge in [-0.1, -0.05) is 11.6 Å². The van der Waals surface area contributed by atoms with Gasteiger partial charge in [-0.2, -0.15) is 0 Å². The average Bonchev–Trinajstić information content (AvgIpc) is 2.38. The van der Waals surface area contributed by atoms with Crippen LogP contribution in [0.3, 0.4) is 0 Å². The number of nitrogens with two attached hydrogens (primary N) is 1. The monoisotopic (exact) mass is 280 g/mol. The molecule has 6 heteroatoms. The number of carboxylic acid groups (broad SMARTS) is 1. The number of aromatic nitrogens is 1. The number of halogens is 1. The topological polar surface area (TPSA) is 85.4 Å². The van der Waals surface area contributed by atoms with E-state index in [1.54, 1.807) is 25.3 Å². The zero-order valence-electron chi connectivity index (χ0n) is 10.3. The summed E-state index contributed by atoms with van der Waals surface area (Å²) in [7, 11) is 1.58. The van der Waals surface area contributed by atoms with Crippen LogP contribution in [0, 0.1) is 0 Å². The Morgan fingerprint density at radius 3 is 2.89 bits per heavy atom. The zero-order chi connectivity index (χ0) is 14.0. The Morgan fingerprint density at radius 1 is 1.53 bits per heavy atom. The second kappa shape index (κ2) is 5.42. The molecule has 100 valence electrons. The molecule has 19 heavy (non-hydrogen) atoms. The van der Waals surface area contributed by atoms with Crippen molar-refractivity contribution in [1.82, 2.24) is 4.98 Å². The first kappa shape index (κ1) is 13.6. The van der Waals surface area contributed by atoms with E-state index in [-0.39, 0.29) is 11.6 Å². The van der Waals surface area contributed by atoms with E-state index in [9.17, 15) is 4.79 Å². The summed E-state index contributed by atoms with van der Waals surface area (Å²) in [5, 5.41) is 9.92. The maximum atomic E-state index is 10.8. The Labute approximate surface area is 115 Å². The lowest BCUT2D eigenvalue weighted by Gasteiger charge is -2.10. The number of hydrogen-bond acceptors (Lipinski definition) is 4. The van der Waals surface area contributed by atoms with Crippen LogP contribution >= 0.6 is 11.6 Å². The van der Waals surface area contributed by atoms with Gasteiger partial charge in [-0.3, -0.25) is 4.79 Å². The molecule has 1 heterocycles. The van der Waals surface area contributed by atoms with Gasteiger partial charge in [0.15, 0.2) is 0 Å². The van der Waals surface area contributed by atoms with Crippen LogP contribution in [0.15, 0.2) is 24.3 Å². The average molecular weight is 281 g/mol. The summed E-state index contributed by atoms with van der Waals surface area (Å²) in [6.45, 7) is 0.